The maximum atomic E-state index is 10.3. The average molecular weight is 634 g/mol. The Kier molecular flexibility index (Phi) is 18.5. The van der Waals surface area contributed by atoms with E-state index in [-0.39, 0.29) is 48.5 Å². The van der Waals surface area contributed by atoms with Gasteiger partial charge in [0.25, 0.3) is 0 Å². The van der Waals surface area contributed by atoms with E-state index in [1.165, 1.54) is 0 Å². The van der Waals surface area contributed by atoms with Gasteiger partial charge in [-0.25, -0.2) is 0 Å². The van der Waals surface area contributed by atoms with Crippen LogP contribution in [0.25, 0.3) is 0 Å². The number of phenols is 2. The highest BCUT2D eigenvalue weighted by molar-refractivity contribution is 7.99. The van der Waals surface area contributed by atoms with E-state index in [1.54, 1.807) is 11.8 Å². The highest BCUT2D eigenvalue weighted by Crippen LogP contribution is 2.42. The normalized spacial score (nSPS) is 11.0. The number of carbonyl (C=O) groups is 2. The number of aryl methyl sites for hydroxylation is 2. The SMILES string of the molecule is Cc1cc(O)c(C(C)(C)C)cc1Sc1cc(C(C)(C)C)c(O)cc1C.Cl.Cl.O=C(O)CCCCCCCCC(=O)O. The van der Waals surface area contributed by atoms with Gasteiger partial charge in [0.05, 0.1) is 0 Å². The van der Waals surface area contributed by atoms with Crippen molar-refractivity contribution in [1.82, 2.24) is 0 Å². The molecule has 0 aliphatic rings. The van der Waals surface area contributed by atoms with Crippen molar-refractivity contribution < 1.29 is 30.0 Å². The molecule has 6 nitrogen and oxygen atoms in total. The minimum absolute atomic E-state index is 0. The third kappa shape index (κ3) is 15.1. The van der Waals surface area contributed by atoms with Crippen molar-refractivity contribution in [1.29, 1.82) is 0 Å². The van der Waals surface area contributed by atoms with Crippen molar-refractivity contribution in [2.75, 3.05) is 0 Å². The molecule has 0 aromatic heterocycles. The molecule has 0 heterocycles. The summed E-state index contributed by atoms with van der Waals surface area (Å²) in [5.41, 5.74) is 3.78. The molecule has 41 heavy (non-hydrogen) atoms. The lowest BCUT2D eigenvalue weighted by molar-refractivity contribution is -0.138. The maximum Gasteiger partial charge on any atom is 0.303 e. The van der Waals surface area contributed by atoms with Gasteiger partial charge in [-0.3, -0.25) is 9.59 Å². The van der Waals surface area contributed by atoms with Crippen LogP contribution in [0.4, 0.5) is 0 Å². The molecular weight excluding hydrogens is 583 g/mol. The first-order valence-electron chi connectivity index (χ1n) is 13.7. The topological polar surface area (TPSA) is 115 Å². The highest BCUT2D eigenvalue weighted by Gasteiger charge is 2.22. The average Bonchev–Trinajstić information content (AvgIpc) is 2.77. The van der Waals surface area contributed by atoms with Crippen LogP contribution in [0.3, 0.4) is 0 Å². The van der Waals surface area contributed by atoms with Gasteiger partial charge >= 0.3 is 11.9 Å². The van der Waals surface area contributed by atoms with Crippen molar-refractivity contribution in [3.8, 4) is 11.5 Å². The van der Waals surface area contributed by atoms with Gasteiger partial charge in [-0.05, 0) is 72.9 Å². The lowest BCUT2D eigenvalue weighted by Crippen LogP contribution is -2.12. The number of rotatable bonds is 11. The van der Waals surface area contributed by atoms with E-state index in [0.29, 0.717) is 11.5 Å². The van der Waals surface area contributed by atoms with Crippen LogP contribution in [0.1, 0.15) is 115 Å². The van der Waals surface area contributed by atoms with Crippen molar-refractivity contribution in [3.05, 3.63) is 46.5 Å². The van der Waals surface area contributed by atoms with Gasteiger partial charge in [0.1, 0.15) is 11.5 Å². The van der Waals surface area contributed by atoms with E-state index in [1.807, 2.05) is 26.0 Å². The molecule has 234 valence electrons. The summed E-state index contributed by atoms with van der Waals surface area (Å²) in [7, 11) is 0. The van der Waals surface area contributed by atoms with Gasteiger partial charge in [0, 0.05) is 33.8 Å². The summed E-state index contributed by atoms with van der Waals surface area (Å²) in [6.07, 6.45) is 5.82. The summed E-state index contributed by atoms with van der Waals surface area (Å²) in [6, 6.07) is 7.89. The second-order valence-corrected chi connectivity index (χ2v) is 13.4. The largest absolute Gasteiger partial charge is 0.508 e. The molecule has 0 saturated carbocycles. The summed E-state index contributed by atoms with van der Waals surface area (Å²) in [6.45, 7) is 16.7. The fraction of sp³-hybridized carbons (Fsp3) is 0.562. The van der Waals surface area contributed by atoms with Gasteiger partial charge in [-0.2, -0.15) is 0 Å². The summed E-state index contributed by atoms with van der Waals surface area (Å²) in [5, 5.41) is 37.3. The number of carboxylic acids is 2. The fourth-order valence-electron chi connectivity index (χ4n) is 4.15. The second kappa shape index (κ2) is 18.4. The zero-order valence-electron chi connectivity index (χ0n) is 25.8. The zero-order valence-corrected chi connectivity index (χ0v) is 28.2. The van der Waals surface area contributed by atoms with E-state index in [4.69, 9.17) is 10.2 Å². The minimum atomic E-state index is -0.740. The second-order valence-electron chi connectivity index (χ2n) is 12.3. The number of phenolic OH excluding ortho intramolecular Hbond substituents is 2. The predicted molar refractivity (Wildman–Crippen MR) is 174 cm³/mol. The summed E-state index contributed by atoms with van der Waals surface area (Å²) >= 11 is 1.70. The number of halogens is 2. The van der Waals surface area contributed by atoms with E-state index in [2.05, 4.69) is 53.7 Å². The molecule has 0 bridgehead atoms. The molecule has 0 atom stereocenters. The van der Waals surface area contributed by atoms with E-state index in [9.17, 15) is 19.8 Å². The Morgan fingerprint density at radius 2 is 0.902 bits per heavy atom. The molecule has 0 amide bonds. The third-order valence-electron chi connectivity index (χ3n) is 6.45. The molecular formula is C32H50Cl2O6S. The van der Waals surface area contributed by atoms with Crippen LogP contribution < -0.4 is 0 Å². The monoisotopic (exact) mass is 632 g/mol. The molecule has 4 N–H and O–H groups in total. The molecule has 9 heteroatoms. The van der Waals surface area contributed by atoms with Crippen LogP contribution >= 0.6 is 36.6 Å². The van der Waals surface area contributed by atoms with Gasteiger partial charge < -0.3 is 20.4 Å². The van der Waals surface area contributed by atoms with E-state index < -0.39 is 11.9 Å². The number of hydrogen-bond donors (Lipinski definition) is 4. The molecule has 2 rings (SSSR count). The van der Waals surface area contributed by atoms with Crippen LogP contribution in [-0.2, 0) is 20.4 Å². The molecule has 2 aromatic carbocycles. The number of aromatic hydroxyl groups is 2. The Labute approximate surface area is 263 Å². The summed E-state index contributed by atoms with van der Waals surface area (Å²) < 4.78 is 0. The van der Waals surface area contributed by atoms with Crippen LogP contribution in [0.5, 0.6) is 11.5 Å². The maximum absolute atomic E-state index is 10.3. The summed E-state index contributed by atoms with van der Waals surface area (Å²) in [5.74, 6) is -0.772. The third-order valence-corrected chi connectivity index (χ3v) is 7.77. The number of unbranched alkanes of at least 4 members (excludes halogenated alkanes) is 5. The Morgan fingerprint density at radius 3 is 1.17 bits per heavy atom. The van der Waals surface area contributed by atoms with Crippen LogP contribution in [0, 0.1) is 13.8 Å². The molecule has 0 saturated heterocycles. The van der Waals surface area contributed by atoms with Crippen molar-refractivity contribution in [2.45, 2.75) is 127 Å². The van der Waals surface area contributed by atoms with Crippen LogP contribution in [0.2, 0.25) is 0 Å². The van der Waals surface area contributed by atoms with E-state index in [0.717, 1.165) is 70.6 Å². The number of benzene rings is 2. The van der Waals surface area contributed by atoms with Gasteiger partial charge in [-0.1, -0.05) is 79.0 Å². The molecule has 2 aromatic rings. The molecule has 0 unspecified atom stereocenters. The van der Waals surface area contributed by atoms with Crippen molar-refractivity contribution in [2.24, 2.45) is 0 Å². The van der Waals surface area contributed by atoms with Gasteiger partial charge in [0.2, 0.25) is 0 Å². The number of carboxylic acid groups (broad SMARTS) is 2. The smallest absolute Gasteiger partial charge is 0.303 e. The quantitative estimate of drug-likeness (QED) is 0.182. The Balaban J connectivity index is 0. The Morgan fingerprint density at radius 1 is 0.610 bits per heavy atom. The minimum Gasteiger partial charge on any atom is -0.508 e. The first-order valence-corrected chi connectivity index (χ1v) is 14.5. The van der Waals surface area contributed by atoms with Crippen molar-refractivity contribution >= 4 is 48.5 Å². The number of hydrogen-bond acceptors (Lipinski definition) is 5. The first kappa shape index (κ1) is 41.0. The van der Waals surface area contributed by atoms with Crippen molar-refractivity contribution in [3.63, 3.8) is 0 Å². The fourth-order valence-corrected chi connectivity index (χ4v) is 5.18. The predicted octanol–water partition coefficient (Wildman–Crippen LogP) is 9.58. The number of aliphatic carboxylic acids is 2. The molecule has 0 fully saturated rings. The van der Waals surface area contributed by atoms with Gasteiger partial charge in [-0.15, -0.1) is 24.8 Å². The Bertz CT molecular complexity index is 1030. The van der Waals surface area contributed by atoms with Crippen LogP contribution in [-0.4, -0.2) is 32.4 Å². The Hall–Kier alpha value is -2.09. The van der Waals surface area contributed by atoms with E-state index >= 15 is 0 Å². The first-order chi connectivity index (χ1) is 17.9. The molecule has 0 aliphatic carbocycles. The molecule has 0 spiro atoms. The highest BCUT2D eigenvalue weighted by atomic mass is 35.5. The molecule has 0 aliphatic heterocycles. The zero-order chi connectivity index (χ0) is 30.0. The molecule has 0 radical (unpaired) electrons. The van der Waals surface area contributed by atoms with Crippen LogP contribution in [0.15, 0.2) is 34.1 Å². The standard InChI is InChI=1S/C22H30O2S.C10H18O4.2ClH/c1-13-9-17(23)15(21(3,4)5)11-19(13)25-20-12-16(22(6,7)8)18(24)10-14(20)2;11-9(12)7-5-3-1-2-4-6-8-10(13)14;;/h9-12,23-24H,1-8H3;1-8H2,(H,11,12)(H,13,14);2*1H. The van der Waals surface area contributed by atoms with Gasteiger partial charge in [0.15, 0.2) is 0 Å². The lowest BCUT2D eigenvalue weighted by atomic mass is 9.86. The summed E-state index contributed by atoms with van der Waals surface area (Å²) in [4.78, 5) is 22.6. The lowest BCUT2D eigenvalue weighted by Gasteiger charge is -2.24.